The van der Waals surface area contributed by atoms with E-state index in [2.05, 4.69) is 4.98 Å². The average molecular weight is 351 g/mol. The number of alkyl halides is 3. The number of nitrogens with zero attached hydrogens (tertiary/aromatic N) is 2. The standard InChI is InChI=1S/C17H10ClF3N2O/c18-13-8-4-7-12-15(13)22-10-23(16(12)24)14(9-17(19,20)21)11-5-2-1-3-6-11/h1-10H/b14-9-. The van der Waals surface area contributed by atoms with E-state index in [0.717, 1.165) is 10.9 Å². The second-order valence-electron chi connectivity index (χ2n) is 4.99. The third kappa shape index (κ3) is 3.19. The maximum atomic E-state index is 13.0. The van der Waals surface area contributed by atoms with Crippen LogP contribution in [-0.2, 0) is 0 Å². The van der Waals surface area contributed by atoms with E-state index in [0.29, 0.717) is 0 Å². The molecular weight excluding hydrogens is 341 g/mol. The zero-order valence-corrected chi connectivity index (χ0v) is 12.8. The summed E-state index contributed by atoms with van der Waals surface area (Å²) in [7, 11) is 0. The Balaban J connectivity index is 2.31. The van der Waals surface area contributed by atoms with Gasteiger partial charge < -0.3 is 0 Å². The van der Waals surface area contributed by atoms with Gasteiger partial charge in [0.05, 0.1) is 21.6 Å². The van der Waals surface area contributed by atoms with Gasteiger partial charge in [0.2, 0.25) is 0 Å². The Morgan fingerprint density at radius 2 is 1.79 bits per heavy atom. The number of fused-ring (bicyclic) bond motifs is 1. The van der Waals surface area contributed by atoms with Crippen LogP contribution in [0.15, 0.2) is 65.7 Å². The van der Waals surface area contributed by atoms with Crippen molar-refractivity contribution in [3.8, 4) is 0 Å². The van der Waals surface area contributed by atoms with Crippen molar-refractivity contribution in [3.05, 3.63) is 81.9 Å². The number of halogens is 4. The molecule has 1 aromatic heterocycles. The molecule has 0 aliphatic carbocycles. The summed E-state index contributed by atoms with van der Waals surface area (Å²) in [6.45, 7) is 0. The minimum absolute atomic E-state index is 0.0851. The van der Waals surface area contributed by atoms with Crippen LogP contribution in [0.5, 0.6) is 0 Å². The molecule has 0 aliphatic heterocycles. The molecule has 0 unspecified atom stereocenters. The Morgan fingerprint density at radius 1 is 1.08 bits per heavy atom. The van der Waals surface area contributed by atoms with Crippen molar-refractivity contribution in [2.75, 3.05) is 0 Å². The first-order valence-corrected chi connectivity index (χ1v) is 7.26. The highest BCUT2D eigenvalue weighted by atomic mass is 35.5. The van der Waals surface area contributed by atoms with E-state index in [-0.39, 0.29) is 33.3 Å². The lowest BCUT2D eigenvalue weighted by atomic mass is 10.1. The number of rotatable bonds is 2. The topological polar surface area (TPSA) is 34.9 Å². The molecule has 7 heteroatoms. The van der Waals surface area contributed by atoms with Gasteiger partial charge in [-0.3, -0.25) is 9.36 Å². The molecule has 0 saturated carbocycles. The number of hydrogen-bond acceptors (Lipinski definition) is 2. The number of benzene rings is 2. The molecule has 0 atom stereocenters. The van der Waals surface area contributed by atoms with E-state index in [1.165, 1.54) is 18.2 Å². The number of hydrogen-bond donors (Lipinski definition) is 0. The molecule has 1 heterocycles. The lowest BCUT2D eigenvalue weighted by Gasteiger charge is -2.13. The summed E-state index contributed by atoms with van der Waals surface area (Å²) in [5, 5.41) is 0.409. The second kappa shape index (κ2) is 6.13. The summed E-state index contributed by atoms with van der Waals surface area (Å²) in [6, 6.07) is 12.4. The van der Waals surface area contributed by atoms with E-state index in [1.807, 2.05) is 0 Å². The summed E-state index contributed by atoms with van der Waals surface area (Å²) in [4.78, 5) is 16.7. The molecule has 0 radical (unpaired) electrons. The SMILES string of the molecule is O=c1c2cccc(Cl)c2ncn1/C(=C\C(F)(F)F)c1ccccc1. The average Bonchev–Trinajstić information content (AvgIpc) is 2.54. The summed E-state index contributed by atoms with van der Waals surface area (Å²) in [5.41, 5.74) is -0.427. The minimum Gasteiger partial charge on any atom is -0.268 e. The van der Waals surface area contributed by atoms with E-state index in [1.54, 1.807) is 30.3 Å². The Kier molecular flexibility index (Phi) is 4.15. The van der Waals surface area contributed by atoms with Crippen LogP contribution < -0.4 is 5.56 Å². The van der Waals surface area contributed by atoms with Gasteiger partial charge in [-0.05, 0) is 17.7 Å². The fourth-order valence-corrected chi connectivity index (χ4v) is 2.57. The minimum atomic E-state index is -4.59. The molecular formula is C17H10ClF3N2O. The van der Waals surface area contributed by atoms with Crippen LogP contribution in [0.4, 0.5) is 13.2 Å². The third-order valence-electron chi connectivity index (χ3n) is 3.37. The molecule has 24 heavy (non-hydrogen) atoms. The van der Waals surface area contributed by atoms with Gasteiger partial charge in [0.1, 0.15) is 6.33 Å². The lowest BCUT2D eigenvalue weighted by molar-refractivity contribution is -0.0795. The van der Waals surface area contributed by atoms with Crippen molar-refractivity contribution in [2.24, 2.45) is 0 Å². The van der Waals surface area contributed by atoms with Gasteiger partial charge in [-0.2, -0.15) is 13.2 Å². The first kappa shape index (κ1) is 16.3. The normalized spacial score (nSPS) is 12.6. The fraction of sp³-hybridized carbons (Fsp3) is 0.0588. The zero-order chi connectivity index (χ0) is 17.3. The highest BCUT2D eigenvalue weighted by Crippen LogP contribution is 2.25. The molecule has 3 nitrogen and oxygen atoms in total. The number of para-hydroxylation sites is 1. The van der Waals surface area contributed by atoms with Crippen molar-refractivity contribution in [1.29, 1.82) is 0 Å². The van der Waals surface area contributed by atoms with Gasteiger partial charge in [-0.15, -0.1) is 0 Å². The van der Waals surface area contributed by atoms with Crippen molar-refractivity contribution >= 4 is 28.2 Å². The highest BCUT2D eigenvalue weighted by molar-refractivity contribution is 6.34. The Bertz CT molecular complexity index is 979. The van der Waals surface area contributed by atoms with Crippen LogP contribution in [0, 0.1) is 0 Å². The molecule has 3 aromatic rings. The van der Waals surface area contributed by atoms with Gasteiger partial charge >= 0.3 is 6.18 Å². The van der Waals surface area contributed by atoms with Gasteiger partial charge in [-0.25, -0.2) is 4.98 Å². The van der Waals surface area contributed by atoms with Crippen LogP contribution in [-0.4, -0.2) is 15.7 Å². The summed E-state index contributed by atoms with van der Waals surface area (Å²) < 4.78 is 39.7. The van der Waals surface area contributed by atoms with Gasteiger partial charge in [0, 0.05) is 6.08 Å². The Hall–Kier alpha value is -2.60. The molecule has 0 N–H and O–H groups in total. The first-order valence-electron chi connectivity index (χ1n) is 6.88. The summed E-state index contributed by atoms with van der Waals surface area (Å²) in [5.74, 6) is 0. The Labute approximate surface area is 139 Å². The van der Waals surface area contributed by atoms with Gasteiger partial charge in [0.25, 0.3) is 5.56 Å². The number of aromatic nitrogens is 2. The quantitative estimate of drug-likeness (QED) is 0.682. The molecule has 2 aromatic carbocycles. The molecule has 0 aliphatic rings. The first-order chi connectivity index (χ1) is 11.4. The molecule has 3 rings (SSSR count). The van der Waals surface area contributed by atoms with Crippen molar-refractivity contribution < 1.29 is 13.2 Å². The lowest BCUT2D eigenvalue weighted by Crippen LogP contribution is -2.22. The maximum absolute atomic E-state index is 13.0. The van der Waals surface area contributed by atoms with Crippen LogP contribution in [0.1, 0.15) is 5.56 Å². The number of allylic oxidation sites excluding steroid dienone is 1. The van der Waals surface area contributed by atoms with Crippen LogP contribution in [0.3, 0.4) is 0 Å². The van der Waals surface area contributed by atoms with Gasteiger partial charge in [0.15, 0.2) is 0 Å². The van der Waals surface area contributed by atoms with Crippen molar-refractivity contribution in [3.63, 3.8) is 0 Å². The molecule has 0 amide bonds. The van der Waals surface area contributed by atoms with Crippen LogP contribution >= 0.6 is 11.6 Å². The van der Waals surface area contributed by atoms with Crippen molar-refractivity contribution in [2.45, 2.75) is 6.18 Å². The smallest absolute Gasteiger partial charge is 0.268 e. The highest BCUT2D eigenvalue weighted by Gasteiger charge is 2.26. The van der Waals surface area contributed by atoms with Crippen LogP contribution in [0.2, 0.25) is 5.02 Å². The molecule has 0 saturated heterocycles. The monoisotopic (exact) mass is 350 g/mol. The van der Waals surface area contributed by atoms with Gasteiger partial charge in [-0.1, -0.05) is 48.0 Å². The summed E-state index contributed by atoms with van der Waals surface area (Å²) >= 11 is 5.98. The molecule has 122 valence electrons. The Morgan fingerprint density at radius 3 is 2.46 bits per heavy atom. The van der Waals surface area contributed by atoms with Crippen LogP contribution in [0.25, 0.3) is 16.6 Å². The zero-order valence-electron chi connectivity index (χ0n) is 12.1. The largest absolute Gasteiger partial charge is 0.411 e. The van der Waals surface area contributed by atoms with E-state index < -0.39 is 11.7 Å². The second-order valence-corrected chi connectivity index (χ2v) is 5.40. The van der Waals surface area contributed by atoms with E-state index in [4.69, 9.17) is 11.6 Å². The van der Waals surface area contributed by atoms with E-state index >= 15 is 0 Å². The van der Waals surface area contributed by atoms with E-state index in [9.17, 15) is 18.0 Å². The summed E-state index contributed by atoms with van der Waals surface area (Å²) in [6.07, 6.45) is -3.45. The molecule has 0 spiro atoms. The fourth-order valence-electron chi connectivity index (χ4n) is 2.34. The molecule has 0 bridgehead atoms. The van der Waals surface area contributed by atoms with Crippen molar-refractivity contribution in [1.82, 2.24) is 9.55 Å². The maximum Gasteiger partial charge on any atom is 0.411 e. The third-order valence-corrected chi connectivity index (χ3v) is 3.67. The molecule has 0 fully saturated rings. The predicted molar refractivity (Wildman–Crippen MR) is 86.9 cm³/mol. The predicted octanol–water partition coefficient (Wildman–Crippen LogP) is 4.50.